The van der Waals surface area contributed by atoms with E-state index in [2.05, 4.69) is 0 Å². The topological polar surface area (TPSA) is 116 Å². The molecule has 21 heavy (non-hydrogen) atoms. The standard InChI is InChI=1S/C11H15N3O5S.ClH/c1-19-9-2-3-11(10(6-9)14(15)16)20(17,18)13-5-4-8(12)7-13;/h2-3,6,8H,4-5,7,12H2,1H3;1H. The summed E-state index contributed by atoms with van der Waals surface area (Å²) in [4.78, 5) is 9.99. The van der Waals surface area contributed by atoms with Gasteiger partial charge in [-0.05, 0) is 18.6 Å². The summed E-state index contributed by atoms with van der Waals surface area (Å²) in [6, 6.07) is 3.44. The number of ether oxygens (including phenoxy) is 1. The van der Waals surface area contributed by atoms with E-state index >= 15 is 0 Å². The molecule has 1 fully saturated rings. The van der Waals surface area contributed by atoms with Gasteiger partial charge in [-0.1, -0.05) is 0 Å². The molecule has 1 heterocycles. The summed E-state index contributed by atoms with van der Waals surface area (Å²) < 4.78 is 30.9. The predicted molar refractivity (Wildman–Crippen MR) is 78.2 cm³/mol. The minimum absolute atomic E-state index is 0. The highest BCUT2D eigenvalue weighted by Crippen LogP contribution is 2.31. The van der Waals surface area contributed by atoms with Crippen LogP contribution in [0.1, 0.15) is 6.42 Å². The molecule has 8 nitrogen and oxygen atoms in total. The molecule has 2 N–H and O–H groups in total. The van der Waals surface area contributed by atoms with Gasteiger partial charge in [0.1, 0.15) is 5.75 Å². The first-order chi connectivity index (χ1) is 9.36. The summed E-state index contributed by atoms with van der Waals surface area (Å²) >= 11 is 0. The lowest BCUT2D eigenvalue weighted by molar-refractivity contribution is -0.387. The van der Waals surface area contributed by atoms with E-state index in [1.54, 1.807) is 0 Å². The Hall–Kier alpha value is -1.42. The van der Waals surface area contributed by atoms with Crippen molar-refractivity contribution in [3.8, 4) is 5.75 Å². The number of hydrogen-bond acceptors (Lipinski definition) is 6. The average Bonchev–Trinajstić information content (AvgIpc) is 2.85. The second kappa shape index (κ2) is 6.56. The van der Waals surface area contributed by atoms with Crippen LogP contribution in [0.25, 0.3) is 0 Å². The molecule has 118 valence electrons. The molecule has 10 heteroatoms. The van der Waals surface area contributed by atoms with Crippen molar-refractivity contribution >= 4 is 28.1 Å². The van der Waals surface area contributed by atoms with Crippen molar-refractivity contribution in [1.29, 1.82) is 0 Å². The lowest BCUT2D eigenvalue weighted by Gasteiger charge is -2.16. The van der Waals surface area contributed by atoms with Crippen LogP contribution in [0.3, 0.4) is 0 Å². The van der Waals surface area contributed by atoms with E-state index in [0.29, 0.717) is 6.42 Å². The fourth-order valence-electron chi connectivity index (χ4n) is 2.10. The quantitative estimate of drug-likeness (QED) is 0.640. The molecule has 2 rings (SSSR count). The average molecular weight is 338 g/mol. The van der Waals surface area contributed by atoms with Gasteiger partial charge in [0.05, 0.1) is 18.1 Å². The Bertz CT molecular complexity index is 637. The Balaban J connectivity index is 0.00000220. The number of benzene rings is 1. The van der Waals surface area contributed by atoms with Crippen LogP contribution in [0.2, 0.25) is 0 Å². The third kappa shape index (κ3) is 3.43. The fraction of sp³-hybridized carbons (Fsp3) is 0.455. The van der Waals surface area contributed by atoms with Crippen molar-refractivity contribution in [1.82, 2.24) is 4.31 Å². The van der Waals surface area contributed by atoms with Crippen molar-refractivity contribution in [3.63, 3.8) is 0 Å². The van der Waals surface area contributed by atoms with Gasteiger partial charge in [0.2, 0.25) is 10.0 Å². The Kier molecular flexibility index (Phi) is 5.51. The zero-order chi connectivity index (χ0) is 14.9. The van der Waals surface area contributed by atoms with Gasteiger partial charge in [0, 0.05) is 19.1 Å². The molecule has 0 aliphatic carbocycles. The molecule has 0 aromatic heterocycles. The van der Waals surface area contributed by atoms with Crippen LogP contribution in [0.15, 0.2) is 23.1 Å². The number of halogens is 1. The van der Waals surface area contributed by atoms with Crippen LogP contribution in [0, 0.1) is 10.1 Å². The van der Waals surface area contributed by atoms with Crippen LogP contribution in [-0.4, -0.2) is 43.9 Å². The van der Waals surface area contributed by atoms with Crippen molar-refractivity contribution in [3.05, 3.63) is 28.3 Å². The minimum atomic E-state index is -3.92. The number of nitrogens with zero attached hydrogens (tertiary/aromatic N) is 2. The highest BCUT2D eigenvalue weighted by atomic mass is 35.5. The number of rotatable bonds is 4. The van der Waals surface area contributed by atoms with E-state index in [0.717, 1.165) is 6.07 Å². The van der Waals surface area contributed by atoms with Crippen LogP contribution < -0.4 is 10.5 Å². The summed E-state index contributed by atoms with van der Waals surface area (Å²) in [6.07, 6.45) is 0.545. The van der Waals surface area contributed by atoms with E-state index < -0.39 is 20.6 Å². The summed E-state index contributed by atoms with van der Waals surface area (Å²) in [5.74, 6) is 0.230. The first-order valence-electron chi connectivity index (χ1n) is 5.94. The van der Waals surface area contributed by atoms with Gasteiger partial charge in [-0.25, -0.2) is 8.42 Å². The van der Waals surface area contributed by atoms with Crippen LogP contribution in [0.4, 0.5) is 5.69 Å². The normalized spacial score (nSPS) is 19.0. The van der Waals surface area contributed by atoms with Gasteiger partial charge in [0.25, 0.3) is 5.69 Å². The molecule has 1 unspecified atom stereocenters. The zero-order valence-electron chi connectivity index (χ0n) is 11.3. The molecule has 1 atom stereocenters. The van der Waals surface area contributed by atoms with Gasteiger partial charge in [0.15, 0.2) is 4.90 Å². The Morgan fingerprint density at radius 1 is 1.48 bits per heavy atom. The molecular weight excluding hydrogens is 322 g/mol. The molecule has 1 aromatic rings. The van der Waals surface area contributed by atoms with Crippen molar-refractivity contribution in [2.45, 2.75) is 17.4 Å². The van der Waals surface area contributed by atoms with Gasteiger partial charge >= 0.3 is 0 Å². The number of sulfonamides is 1. The lowest BCUT2D eigenvalue weighted by Crippen LogP contribution is -2.32. The number of nitrogens with two attached hydrogens (primary N) is 1. The summed E-state index contributed by atoms with van der Waals surface area (Å²) in [6.45, 7) is 0.443. The number of nitro groups is 1. The van der Waals surface area contributed by atoms with E-state index in [1.807, 2.05) is 0 Å². The highest BCUT2D eigenvalue weighted by Gasteiger charge is 2.35. The molecule has 1 aliphatic heterocycles. The van der Waals surface area contributed by atoms with Crippen molar-refractivity contribution in [2.75, 3.05) is 20.2 Å². The first kappa shape index (κ1) is 17.6. The third-order valence-electron chi connectivity index (χ3n) is 3.17. The summed E-state index contributed by atoms with van der Waals surface area (Å²) in [5, 5.41) is 11.1. The molecule has 0 radical (unpaired) electrons. The van der Waals surface area contributed by atoms with Crippen LogP contribution >= 0.6 is 12.4 Å². The molecule has 0 spiro atoms. The lowest BCUT2D eigenvalue weighted by atomic mass is 10.3. The Morgan fingerprint density at radius 3 is 2.62 bits per heavy atom. The molecule has 1 aromatic carbocycles. The number of hydrogen-bond donors (Lipinski definition) is 1. The number of methoxy groups -OCH3 is 1. The maximum Gasteiger partial charge on any atom is 0.293 e. The van der Waals surface area contributed by atoms with Crippen LogP contribution in [0.5, 0.6) is 5.75 Å². The Morgan fingerprint density at radius 2 is 2.14 bits per heavy atom. The molecule has 1 saturated heterocycles. The second-order valence-electron chi connectivity index (χ2n) is 4.50. The maximum atomic E-state index is 12.4. The largest absolute Gasteiger partial charge is 0.497 e. The van der Waals surface area contributed by atoms with Gasteiger partial charge in [-0.2, -0.15) is 4.31 Å². The maximum absolute atomic E-state index is 12.4. The van der Waals surface area contributed by atoms with Crippen molar-refractivity contribution in [2.24, 2.45) is 5.73 Å². The Labute approximate surface area is 128 Å². The molecule has 0 saturated carbocycles. The minimum Gasteiger partial charge on any atom is -0.497 e. The summed E-state index contributed by atoms with van der Waals surface area (Å²) in [7, 11) is -2.56. The molecular formula is C11H16ClN3O5S. The van der Waals surface area contributed by atoms with E-state index in [1.165, 1.54) is 23.5 Å². The predicted octanol–water partition coefficient (Wildman–Crippen LogP) is 0.747. The van der Waals surface area contributed by atoms with Gasteiger partial charge in [-0.3, -0.25) is 10.1 Å². The van der Waals surface area contributed by atoms with E-state index in [9.17, 15) is 18.5 Å². The smallest absolute Gasteiger partial charge is 0.293 e. The van der Waals surface area contributed by atoms with Crippen molar-refractivity contribution < 1.29 is 18.1 Å². The zero-order valence-corrected chi connectivity index (χ0v) is 12.9. The monoisotopic (exact) mass is 337 g/mol. The van der Waals surface area contributed by atoms with E-state index in [-0.39, 0.29) is 42.2 Å². The molecule has 0 bridgehead atoms. The molecule has 1 aliphatic rings. The van der Waals surface area contributed by atoms with Crippen LogP contribution in [-0.2, 0) is 10.0 Å². The molecule has 0 amide bonds. The SMILES string of the molecule is COc1ccc(S(=O)(=O)N2CCC(N)C2)c([N+](=O)[O-])c1.Cl. The highest BCUT2D eigenvalue weighted by molar-refractivity contribution is 7.89. The summed E-state index contributed by atoms with van der Waals surface area (Å²) in [5.41, 5.74) is 5.19. The van der Waals surface area contributed by atoms with E-state index in [4.69, 9.17) is 10.5 Å². The van der Waals surface area contributed by atoms with Gasteiger partial charge < -0.3 is 10.5 Å². The third-order valence-corrected chi connectivity index (χ3v) is 5.08. The second-order valence-corrected chi connectivity index (χ2v) is 6.41. The first-order valence-corrected chi connectivity index (χ1v) is 7.38. The van der Waals surface area contributed by atoms with Gasteiger partial charge in [-0.15, -0.1) is 12.4 Å². The number of nitro benzene ring substituents is 1. The fourth-order valence-corrected chi connectivity index (χ4v) is 3.75.